The topological polar surface area (TPSA) is 63.9 Å². The van der Waals surface area contributed by atoms with Gasteiger partial charge in [-0.3, -0.25) is 14.3 Å². The summed E-state index contributed by atoms with van der Waals surface area (Å²) in [4.78, 5) is 20.8. The van der Waals surface area contributed by atoms with Gasteiger partial charge in [0.15, 0.2) is 11.0 Å². The molecule has 0 fully saturated rings. The second kappa shape index (κ2) is 10.1. The summed E-state index contributed by atoms with van der Waals surface area (Å²) in [6, 6.07) is 12.5. The zero-order valence-corrected chi connectivity index (χ0v) is 21.0. The molecule has 174 valence electrons. The molecule has 3 aromatic heterocycles. The molecule has 1 amide bonds. The number of pyridine rings is 1. The van der Waals surface area contributed by atoms with Crippen LogP contribution < -0.4 is 0 Å². The molecule has 34 heavy (non-hydrogen) atoms. The molecule has 1 aromatic carbocycles. The van der Waals surface area contributed by atoms with Crippen molar-refractivity contribution in [1.82, 2.24) is 24.6 Å². The van der Waals surface area contributed by atoms with E-state index >= 15 is 0 Å². The number of thiophene rings is 1. The number of nitrogens with zero attached hydrogens (tertiary/aromatic N) is 5. The molecule has 0 unspecified atom stereocenters. The first kappa shape index (κ1) is 22.8. The highest BCUT2D eigenvalue weighted by atomic mass is 32.2. The number of amides is 1. The summed E-state index contributed by atoms with van der Waals surface area (Å²) in [6.07, 6.45) is 6.30. The first-order chi connectivity index (χ1) is 16.7. The fourth-order valence-corrected chi connectivity index (χ4v) is 6.16. The number of carbonyl (C=O) groups is 1. The molecule has 0 saturated carbocycles. The van der Waals surface area contributed by atoms with Gasteiger partial charge < -0.3 is 4.90 Å². The van der Waals surface area contributed by atoms with E-state index < -0.39 is 0 Å². The van der Waals surface area contributed by atoms with Crippen molar-refractivity contribution in [2.75, 3.05) is 12.3 Å². The lowest BCUT2D eigenvalue weighted by Gasteiger charge is -2.27. The first-order valence-corrected chi connectivity index (χ1v) is 13.5. The predicted octanol–water partition coefficient (Wildman–Crippen LogP) is 5.19. The normalized spacial score (nSPS) is 13.2. The maximum Gasteiger partial charge on any atom is 0.233 e. The van der Waals surface area contributed by atoms with Crippen molar-refractivity contribution >= 4 is 29.0 Å². The van der Waals surface area contributed by atoms with Gasteiger partial charge in [0.1, 0.15) is 0 Å². The molecular formula is C26H27N5OS2. The number of carbonyl (C=O) groups excluding carboxylic acids is 1. The van der Waals surface area contributed by atoms with Gasteiger partial charge in [-0.05, 0) is 59.5 Å². The van der Waals surface area contributed by atoms with Gasteiger partial charge in [-0.15, -0.1) is 21.5 Å². The number of fused-ring (bicyclic) bond motifs is 1. The molecule has 4 heterocycles. The third-order valence-electron chi connectivity index (χ3n) is 6.23. The van der Waals surface area contributed by atoms with Crippen molar-refractivity contribution in [3.05, 3.63) is 75.7 Å². The van der Waals surface area contributed by atoms with Crippen LogP contribution in [-0.2, 0) is 30.6 Å². The van der Waals surface area contributed by atoms with E-state index in [-0.39, 0.29) is 5.91 Å². The van der Waals surface area contributed by atoms with E-state index in [0.29, 0.717) is 12.3 Å². The van der Waals surface area contributed by atoms with Gasteiger partial charge in [-0.2, -0.15) is 0 Å². The van der Waals surface area contributed by atoms with Crippen LogP contribution in [0, 0.1) is 0 Å². The van der Waals surface area contributed by atoms with E-state index in [0.717, 1.165) is 48.0 Å². The third kappa shape index (κ3) is 4.40. The molecule has 0 atom stereocenters. The maximum atomic E-state index is 13.1. The van der Waals surface area contributed by atoms with Crippen molar-refractivity contribution in [1.29, 1.82) is 0 Å². The van der Waals surface area contributed by atoms with E-state index in [2.05, 4.69) is 63.2 Å². The van der Waals surface area contributed by atoms with Crippen LogP contribution in [0.25, 0.3) is 17.1 Å². The van der Waals surface area contributed by atoms with Crippen LogP contribution >= 0.6 is 23.1 Å². The van der Waals surface area contributed by atoms with Crippen molar-refractivity contribution < 1.29 is 4.79 Å². The Hall–Kier alpha value is -2.97. The third-order valence-corrected chi connectivity index (χ3v) is 8.16. The highest BCUT2D eigenvalue weighted by Gasteiger charge is 2.24. The molecule has 0 radical (unpaired) electrons. The van der Waals surface area contributed by atoms with E-state index in [1.54, 1.807) is 17.5 Å². The molecule has 1 aliphatic rings. The fraction of sp³-hybridized carbons (Fsp3) is 0.308. The summed E-state index contributed by atoms with van der Waals surface area (Å²) in [7, 11) is 0. The average Bonchev–Trinajstić information content (AvgIpc) is 3.53. The van der Waals surface area contributed by atoms with Crippen molar-refractivity contribution in [3.8, 4) is 17.1 Å². The Morgan fingerprint density at radius 2 is 1.91 bits per heavy atom. The van der Waals surface area contributed by atoms with Crippen molar-refractivity contribution in [2.24, 2.45) is 0 Å². The first-order valence-electron chi connectivity index (χ1n) is 11.6. The maximum absolute atomic E-state index is 13.1. The van der Waals surface area contributed by atoms with Crippen LogP contribution in [0.5, 0.6) is 0 Å². The molecule has 0 N–H and O–H groups in total. The minimum atomic E-state index is 0.138. The summed E-state index contributed by atoms with van der Waals surface area (Å²) >= 11 is 3.25. The molecule has 5 rings (SSSR count). The summed E-state index contributed by atoms with van der Waals surface area (Å²) < 4.78 is 2.12. The molecule has 0 bridgehead atoms. The Morgan fingerprint density at radius 3 is 2.65 bits per heavy atom. The SMILES string of the molecule is CCc1cccc(CC)c1-n1c(SCC(=O)N2CCc3sccc3C2)nnc1-c1cccnc1. The molecule has 8 heteroatoms. The number of hydrogen-bond acceptors (Lipinski definition) is 6. The molecular weight excluding hydrogens is 462 g/mol. The predicted molar refractivity (Wildman–Crippen MR) is 138 cm³/mol. The van der Waals surface area contributed by atoms with E-state index in [1.807, 2.05) is 23.2 Å². The molecule has 1 aliphatic heterocycles. The van der Waals surface area contributed by atoms with Gasteiger partial charge in [0.2, 0.25) is 5.91 Å². The highest BCUT2D eigenvalue weighted by Crippen LogP contribution is 2.32. The molecule has 0 spiro atoms. The van der Waals surface area contributed by atoms with Crippen molar-refractivity contribution in [3.63, 3.8) is 0 Å². The fourth-order valence-electron chi connectivity index (χ4n) is 4.43. The molecule has 4 aromatic rings. The number of benzene rings is 1. The Morgan fingerprint density at radius 1 is 1.09 bits per heavy atom. The molecule has 6 nitrogen and oxygen atoms in total. The number of aryl methyl sites for hydroxylation is 2. The van der Waals surface area contributed by atoms with Crippen LogP contribution in [0.2, 0.25) is 0 Å². The van der Waals surface area contributed by atoms with Gasteiger partial charge in [-0.25, -0.2) is 0 Å². The van der Waals surface area contributed by atoms with E-state index in [9.17, 15) is 4.79 Å². The summed E-state index contributed by atoms with van der Waals surface area (Å²) in [5.41, 5.74) is 5.77. The van der Waals surface area contributed by atoms with Gasteiger partial charge in [0.05, 0.1) is 11.4 Å². The number of aromatic nitrogens is 4. The number of para-hydroxylation sites is 1. The monoisotopic (exact) mass is 489 g/mol. The summed E-state index contributed by atoms with van der Waals surface area (Å²) in [6.45, 7) is 5.80. The Labute approximate surface area is 208 Å². The molecule has 0 aliphatic carbocycles. The average molecular weight is 490 g/mol. The van der Waals surface area contributed by atoms with Gasteiger partial charge in [0, 0.05) is 35.9 Å². The second-order valence-electron chi connectivity index (χ2n) is 8.24. The Balaban J connectivity index is 1.48. The highest BCUT2D eigenvalue weighted by molar-refractivity contribution is 7.99. The zero-order chi connectivity index (χ0) is 23.5. The lowest BCUT2D eigenvalue weighted by atomic mass is 10.0. The van der Waals surface area contributed by atoms with Gasteiger partial charge >= 0.3 is 0 Å². The standard InChI is InChI=1S/C26H27N5OS2/c1-3-18-7-5-8-19(4-2)24(18)31-25(20-9-6-12-27-15-20)28-29-26(31)34-17-23(32)30-13-10-22-21(16-30)11-14-33-22/h5-9,11-12,14-15H,3-4,10,13,16-17H2,1-2H3. The second-order valence-corrected chi connectivity index (χ2v) is 10.2. The van der Waals surface area contributed by atoms with Crippen LogP contribution in [0.4, 0.5) is 0 Å². The minimum Gasteiger partial charge on any atom is -0.337 e. The Bertz CT molecular complexity index is 1280. The number of rotatable bonds is 7. The lowest BCUT2D eigenvalue weighted by Crippen LogP contribution is -2.36. The largest absolute Gasteiger partial charge is 0.337 e. The van der Waals surface area contributed by atoms with Crippen LogP contribution in [0.1, 0.15) is 35.4 Å². The smallest absolute Gasteiger partial charge is 0.233 e. The summed E-state index contributed by atoms with van der Waals surface area (Å²) in [5.74, 6) is 1.22. The van der Waals surface area contributed by atoms with Crippen LogP contribution in [0.3, 0.4) is 0 Å². The van der Waals surface area contributed by atoms with Crippen molar-refractivity contribution in [2.45, 2.75) is 44.8 Å². The number of thioether (sulfide) groups is 1. The summed E-state index contributed by atoms with van der Waals surface area (Å²) in [5, 5.41) is 11.9. The molecule has 0 saturated heterocycles. The Kier molecular flexibility index (Phi) is 6.78. The van der Waals surface area contributed by atoms with Crippen LogP contribution in [-0.4, -0.2) is 42.9 Å². The van der Waals surface area contributed by atoms with Gasteiger partial charge in [-0.1, -0.05) is 43.8 Å². The number of hydrogen-bond donors (Lipinski definition) is 0. The quantitative estimate of drug-likeness (QED) is 0.334. The lowest BCUT2D eigenvalue weighted by molar-refractivity contribution is -0.129. The van der Waals surface area contributed by atoms with E-state index in [4.69, 9.17) is 0 Å². The van der Waals surface area contributed by atoms with Crippen LogP contribution in [0.15, 0.2) is 59.3 Å². The zero-order valence-electron chi connectivity index (χ0n) is 19.4. The minimum absolute atomic E-state index is 0.138. The van der Waals surface area contributed by atoms with Gasteiger partial charge in [0.25, 0.3) is 0 Å². The van der Waals surface area contributed by atoms with E-state index in [1.165, 1.54) is 33.3 Å².